The molecule has 0 heterocycles. The molecule has 0 unspecified atom stereocenters. The van der Waals surface area contributed by atoms with Crippen molar-refractivity contribution in [2.75, 3.05) is 10.9 Å². The first kappa shape index (κ1) is 23.5. The van der Waals surface area contributed by atoms with Gasteiger partial charge in [0.15, 0.2) is 6.61 Å². The largest absolute Gasteiger partial charge is 0.483 e. The van der Waals surface area contributed by atoms with Gasteiger partial charge in [0.05, 0.1) is 10.6 Å². The van der Waals surface area contributed by atoms with Crippen LogP contribution in [0, 0.1) is 0 Å². The second-order valence-corrected chi connectivity index (χ2v) is 9.28. The van der Waals surface area contributed by atoms with Crippen LogP contribution in [0.5, 0.6) is 5.75 Å². The third kappa shape index (κ3) is 5.56. The molecule has 1 amide bonds. The Morgan fingerprint density at radius 2 is 1.53 bits per heavy atom. The number of ether oxygens (including phenoxy) is 1. The van der Waals surface area contributed by atoms with Crippen LogP contribution >= 0.6 is 0 Å². The molecule has 0 aliphatic heterocycles. The zero-order chi connectivity index (χ0) is 23.0. The van der Waals surface area contributed by atoms with Gasteiger partial charge >= 0.3 is 0 Å². The summed E-state index contributed by atoms with van der Waals surface area (Å²) in [6.07, 6.45) is 3.78. The lowest BCUT2D eigenvalue weighted by molar-refractivity contribution is -0.119. The number of nitrogens with zero attached hydrogens (tertiary/aromatic N) is 1. The van der Waals surface area contributed by atoms with Crippen molar-refractivity contribution >= 4 is 21.6 Å². The third-order valence-electron chi connectivity index (χ3n) is 5.20. The van der Waals surface area contributed by atoms with Gasteiger partial charge in [-0.25, -0.2) is 8.42 Å². The summed E-state index contributed by atoms with van der Waals surface area (Å²) in [4.78, 5) is 13.3. The Labute approximate surface area is 190 Å². The number of benzene rings is 3. The van der Waals surface area contributed by atoms with Crippen molar-refractivity contribution in [1.82, 2.24) is 0 Å². The highest BCUT2D eigenvalue weighted by Gasteiger charge is 2.31. The second kappa shape index (κ2) is 11.0. The van der Waals surface area contributed by atoms with E-state index in [0.717, 1.165) is 41.1 Å². The monoisotopic (exact) mass is 451 g/mol. The van der Waals surface area contributed by atoms with Gasteiger partial charge < -0.3 is 4.74 Å². The maximum Gasteiger partial charge on any atom is 0.278 e. The number of para-hydroxylation sites is 1. The Morgan fingerprint density at radius 1 is 0.875 bits per heavy atom. The van der Waals surface area contributed by atoms with Gasteiger partial charge in [-0.15, -0.1) is 0 Å². The van der Waals surface area contributed by atoms with Crippen molar-refractivity contribution in [2.45, 2.75) is 44.4 Å². The summed E-state index contributed by atoms with van der Waals surface area (Å²) in [5.74, 6) is -0.0728. The van der Waals surface area contributed by atoms with E-state index in [-0.39, 0.29) is 11.5 Å². The third-order valence-corrected chi connectivity index (χ3v) is 6.97. The van der Waals surface area contributed by atoms with E-state index in [4.69, 9.17) is 4.74 Å². The Bertz CT molecular complexity index is 1130. The normalized spacial score (nSPS) is 11.2. The lowest BCUT2D eigenvalue weighted by Crippen LogP contribution is -2.40. The van der Waals surface area contributed by atoms with Crippen molar-refractivity contribution in [3.63, 3.8) is 0 Å². The molecular formula is C26H29NO4S. The van der Waals surface area contributed by atoms with Crippen molar-refractivity contribution in [3.05, 3.63) is 90.0 Å². The summed E-state index contributed by atoms with van der Waals surface area (Å²) in [5, 5.41) is 0. The number of carbonyl (C=O) groups is 1. The summed E-state index contributed by atoms with van der Waals surface area (Å²) >= 11 is 0. The van der Waals surface area contributed by atoms with Crippen LogP contribution in [0.1, 0.15) is 37.8 Å². The van der Waals surface area contributed by atoms with Gasteiger partial charge in [0, 0.05) is 0 Å². The zero-order valence-electron chi connectivity index (χ0n) is 18.5. The minimum atomic E-state index is -4.10. The number of unbranched alkanes of at least 4 members (excludes halogenated alkanes) is 1. The van der Waals surface area contributed by atoms with Gasteiger partial charge in [-0.05, 0) is 60.7 Å². The maximum atomic E-state index is 13.4. The predicted octanol–water partition coefficient (Wildman–Crippen LogP) is 5.39. The van der Waals surface area contributed by atoms with Crippen LogP contribution in [-0.4, -0.2) is 20.9 Å². The molecular weight excluding hydrogens is 422 g/mol. The molecule has 0 aliphatic carbocycles. The van der Waals surface area contributed by atoms with Gasteiger partial charge in [-0.3, -0.25) is 4.79 Å². The summed E-state index contributed by atoms with van der Waals surface area (Å²) < 4.78 is 33.4. The molecule has 32 heavy (non-hydrogen) atoms. The van der Waals surface area contributed by atoms with E-state index in [1.54, 1.807) is 36.4 Å². The fraction of sp³-hybridized carbons (Fsp3) is 0.269. The first-order chi connectivity index (χ1) is 15.5. The van der Waals surface area contributed by atoms with E-state index in [1.165, 1.54) is 12.1 Å². The molecule has 0 radical (unpaired) electrons. The fourth-order valence-corrected chi connectivity index (χ4v) is 4.86. The highest BCUT2D eigenvalue weighted by molar-refractivity contribution is 7.93. The van der Waals surface area contributed by atoms with Gasteiger partial charge in [0.25, 0.3) is 15.9 Å². The number of rotatable bonds is 10. The number of anilines is 1. The molecule has 6 heteroatoms. The summed E-state index contributed by atoms with van der Waals surface area (Å²) in [5.41, 5.74) is 2.36. The van der Waals surface area contributed by atoms with Crippen molar-refractivity contribution in [2.24, 2.45) is 0 Å². The molecule has 0 fully saturated rings. The van der Waals surface area contributed by atoms with Gasteiger partial charge in [0.2, 0.25) is 0 Å². The van der Waals surface area contributed by atoms with Crippen LogP contribution in [0.3, 0.4) is 0 Å². The lowest BCUT2D eigenvalue weighted by Gasteiger charge is -2.23. The van der Waals surface area contributed by atoms with Gasteiger partial charge in [0.1, 0.15) is 5.75 Å². The highest BCUT2D eigenvalue weighted by atomic mass is 32.2. The fourth-order valence-electron chi connectivity index (χ4n) is 3.43. The number of hydrogen-bond acceptors (Lipinski definition) is 4. The van der Waals surface area contributed by atoms with Crippen LogP contribution in [0.15, 0.2) is 83.8 Å². The van der Waals surface area contributed by atoms with Gasteiger partial charge in [-0.1, -0.05) is 68.8 Å². The zero-order valence-corrected chi connectivity index (χ0v) is 19.3. The van der Waals surface area contributed by atoms with E-state index < -0.39 is 15.9 Å². The standard InChI is InChI=1S/C26H29NO4S/c1-3-5-11-21-16-18-23(19-17-21)27(32(29,30)24-13-7-6-8-14-24)26(28)20-31-25-15-10-9-12-22(25)4-2/h6-10,12-19H,3-5,11,20H2,1-2H3. The highest BCUT2D eigenvalue weighted by Crippen LogP contribution is 2.26. The van der Waals surface area contributed by atoms with Crippen LogP contribution in [-0.2, 0) is 27.7 Å². The average Bonchev–Trinajstić information content (AvgIpc) is 2.83. The summed E-state index contributed by atoms with van der Waals surface area (Å²) in [6, 6.07) is 22.5. The Hall–Kier alpha value is -3.12. The molecule has 3 aromatic carbocycles. The van der Waals surface area contributed by atoms with Gasteiger partial charge in [-0.2, -0.15) is 4.31 Å². The van der Waals surface area contributed by atoms with Crippen LogP contribution in [0.25, 0.3) is 0 Å². The van der Waals surface area contributed by atoms with Crippen molar-refractivity contribution in [1.29, 1.82) is 0 Å². The molecule has 168 valence electrons. The van der Waals surface area contributed by atoms with E-state index in [0.29, 0.717) is 11.4 Å². The van der Waals surface area contributed by atoms with Crippen LogP contribution < -0.4 is 9.04 Å². The number of aryl methyl sites for hydroxylation is 2. The lowest BCUT2D eigenvalue weighted by atomic mass is 10.1. The van der Waals surface area contributed by atoms with Crippen LogP contribution in [0.2, 0.25) is 0 Å². The molecule has 0 spiro atoms. The Kier molecular flexibility index (Phi) is 8.06. The van der Waals surface area contributed by atoms with E-state index in [2.05, 4.69) is 6.92 Å². The second-order valence-electron chi connectivity index (χ2n) is 7.50. The number of carbonyl (C=O) groups excluding carboxylic acids is 1. The molecule has 0 bridgehead atoms. The van der Waals surface area contributed by atoms with E-state index in [1.807, 2.05) is 37.3 Å². The molecule has 0 aliphatic rings. The van der Waals surface area contributed by atoms with E-state index >= 15 is 0 Å². The van der Waals surface area contributed by atoms with Crippen LogP contribution in [0.4, 0.5) is 5.69 Å². The SMILES string of the molecule is CCCCc1ccc(N(C(=O)COc2ccccc2CC)S(=O)(=O)c2ccccc2)cc1. The molecule has 0 N–H and O–H groups in total. The summed E-state index contributed by atoms with van der Waals surface area (Å²) in [7, 11) is -4.10. The molecule has 5 nitrogen and oxygen atoms in total. The maximum absolute atomic E-state index is 13.4. The molecule has 3 aromatic rings. The Balaban J connectivity index is 1.92. The molecule has 0 atom stereocenters. The average molecular weight is 452 g/mol. The number of hydrogen-bond donors (Lipinski definition) is 0. The van der Waals surface area contributed by atoms with Crippen molar-refractivity contribution in [3.8, 4) is 5.75 Å². The molecule has 0 saturated heterocycles. The quantitative estimate of drug-likeness (QED) is 0.414. The first-order valence-corrected chi connectivity index (χ1v) is 12.3. The molecule has 0 aromatic heterocycles. The van der Waals surface area contributed by atoms with Crippen molar-refractivity contribution < 1.29 is 17.9 Å². The smallest absolute Gasteiger partial charge is 0.278 e. The minimum absolute atomic E-state index is 0.0531. The number of sulfonamides is 1. The predicted molar refractivity (Wildman–Crippen MR) is 127 cm³/mol. The van der Waals surface area contributed by atoms with E-state index in [9.17, 15) is 13.2 Å². The molecule has 3 rings (SSSR count). The minimum Gasteiger partial charge on any atom is -0.483 e. The number of amides is 1. The molecule has 0 saturated carbocycles. The topological polar surface area (TPSA) is 63.7 Å². The Morgan fingerprint density at radius 3 is 2.19 bits per heavy atom. The first-order valence-electron chi connectivity index (χ1n) is 10.9. The summed E-state index contributed by atoms with van der Waals surface area (Å²) in [6.45, 7) is 3.73.